The highest BCUT2D eigenvalue weighted by Gasteiger charge is 2.33. The third kappa shape index (κ3) is 8.22. The molecule has 0 aromatic heterocycles. The van der Waals surface area contributed by atoms with Crippen LogP contribution < -0.4 is 10.2 Å². The molecule has 0 bridgehead atoms. The van der Waals surface area contributed by atoms with Crippen molar-refractivity contribution in [3.63, 3.8) is 0 Å². The molecule has 6 nitrogen and oxygen atoms in total. The maximum atomic E-state index is 13.8. The monoisotopic (exact) mass is 568 g/mol. The Morgan fingerprint density at radius 2 is 1.50 bits per heavy atom. The molecule has 42 heavy (non-hydrogen) atoms. The van der Waals surface area contributed by atoms with Crippen molar-refractivity contribution in [1.29, 1.82) is 0 Å². The first-order valence-electron chi connectivity index (χ1n) is 15.6. The van der Waals surface area contributed by atoms with Gasteiger partial charge in [0.2, 0.25) is 5.91 Å². The van der Waals surface area contributed by atoms with Crippen LogP contribution in [-0.4, -0.2) is 55.5 Å². The van der Waals surface area contributed by atoms with Crippen molar-refractivity contribution in [2.24, 2.45) is 5.92 Å². The molecular weight excluding hydrogens is 520 g/mol. The maximum Gasteiger partial charge on any atom is 0.324 e. The largest absolute Gasteiger partial charge is 0.348 e. The molecule has 0 heterocycles. The van der Waals surface area contributed by atoms with Crippen molar-refractivity contribution in [1.82, 2.24) is 15.1 Å². The lowest BCUT2D eigenvalue weighted by Gasteiger charge is -2.33. The van der Waals surface area contributed by atoms with E-state index in [4.69, 9.17) is 0 Å². The van der Waals surface area contributed by atoms with E-state index in [1.807, 2.05) is 79.3 Å². The van der Waals surface area contributed by atoms with Gasteiger partial charge in [0.15, 0.2) is 0 Å². The van der Waals surface area contributed by atoms with Gasteiger partial charge in [-0.15, -0.1) is 0 Å². The number of anilines is 1. The number of benzene rings is 3. The number of likely N-dealkylation sites (N-methyl/N-ethyl adjacent to an activating group) is 1. The van der Waals surface area contributed by atoms with E-state index < -0.39 is 0 Å². The molecule has 1 fully saturated rings. The van der Waals surface area contributed by atoms with Crippen LogP contribution in [0, 0.1) is 5.92 Å². The zero-order valence-corrected chi connectivity index (χ0v) is 25.8. The summed E-state index contributed by atoms with van der Waals surface area (Å²) in [5.41, 5.74) is 4.32. The minimum Gasteiger partial charge on any atom is -0.348 e. The van der Waals surface area contributed by atoms with Gasteiger partial charge in [0.05, 0.1) is 12.6 Å². The van der Waals surface area contributed by atoms with Gasteiger partial charge in [-0.3, -0.25) is 9.69 Å². The van der Waals surface area contributed by atoms with Crippen LogP contribution in [0.3, 0.4) is 0 Å². The molecule has 4 rings (SSSR count). The number of carbonyl (C=O) groups excluding carboxylic acids is 2. The van der Waals surface area contributed by atoms with Gasteiger partial charge >= 0.3 is 6.03 Å². The summed E-state index contributed by atoms with van der Waals surface area (Å²) in [4.78, 5) is 33.2. The van der Waals surface area contributed by atoms with Crippen molar-refractivity contribution in [3.8, 4) is 0 Å². The number of carbonyl (C=O) groups is 2. The topological polar surface area (TPSA) is 55.9 Å². The van der Waals surface area contributed by atoms with Crippen LogP contribution in [0.2, 0.25) is 0 Å². The van der Waals surface area contributed by atoms with E-state index in [9.17, 15) is 9.59 Å². The fraction of sp³-hybridized carbons (Fsp3) is 0.444. The third-order valence-electron chi connectivity index (χ3n) is 8.36. The van der Waals surface area contributed by atoms with Crippen LogP contribution in [0.25, 0.3) is 0 Å². The van der Waals surface area contributed by atoms with E-state index in [1.54, 1.807) is 0 Å². The lowest BCUT2D eigenvalue weighted by atomic mass is 9.74. The molecule has 0 aliphatic heterocycles. The van der Waals surface area contributed by atoms with Gasteiger partial charge in [-0.1, -0.05) is 92.6 Å². The first kappa shape index (κ1) is 31.3. The average Bonchev–Trinajstić information content (AvgIpc) is 3.02. The molecule has 3 aromatic rings. The number of hydrogen-bond donors (Lipinski definition) is 1. The fourth-order valence-corrected chi connectivity index (χ4v) is 6.17. The molecule has 3 amide bonds. The molecule has 0 spiro atoms. The van der Waals surface area contributed by atoms with Crippen LogP contribution in [0.1, 0.15) is 74.6 Å². The standard InChI is InChI=1S/C36H48N4O2/c1-5-25-39(6-2)36(42)40(31-17-11-8-12-18-31)26-28-21-23-29(24-22-28)32-19-13-14-20-33(32)35(41)37-34(27-38(3)4)30-15-9-7-10-16-30/h7-12,15-18,21-24,32-34H,5-6,13-14,19-20,25-27H2,1-4H3,(H,37,41)/t32-,33?,34?/m1/s1. The SMILES string of the molecule is CCCN(CC)C(=O)N(Cc1ccc([C@H]2CCCCC2C(=O)NC(CN(C)C)c2ccccc2)cc1)c1ccccc1. The Hall–Kier alpha value is -3.64. The second kappa shape index (κ2) is 15.5. The molecule has 6 heteroatoms. The Kier molecular flexibility index (Phi) is 11.6. The molecular formula is C36H48N4O2. The lowest BCUT2D eigenvalue weighted by molar-refractivity contribution is -0.127. The van der Waals surface area contributed by atoms with Crippen LogP contribution in [0.4, 0.5) is 10.5 Å². The smallest absolute Gasteiger partial charge is 0.324 e. The highest BCUT2D eigenvalue weighted by molar-refractivity contribution is 5.92. The summed E-state index contributed by atoms with van der Waals surface area (Å²) < 4.78 is 0. The highest BCUT2D eigenvalue weighted by Crippen LogP contribution is 2.38. The molecule has 1 saturated carbocycles. The normalized spacial score (nSPS) is 17.5. The number of para-hydroxylation sites is 1. The second-order valence-electron chi connectivity index (χ2n) is 11.8. The predicted octanol–water partition coefficient (Wildman–Crippen LogP) is 7.24. The zero-order valence-electron chi connectivity index (χ0n) is 25.8. The number of nitrogens with one attached hydrogen (secondary N) is 1. The molecule has 2 unspecified atom stereocenters. The minimum absolute atomic E-state index is 0.0318. The van der Waals surface area contributed by atoms with Crippen LogP contribution >= 0.6 is 0 Å². The Balaban J connectivity index is 1.51. The summed E-state index contributed by atoms with van der Waals surface area (Å²) in [5, 5.41) is 3.40. The first-order chi connectivity index (χ1) is 20.4. The first-order valence-corrected chi connectivity index (χ1v) is 15.6. The Morgan fingerprint density at radius 1 is 0.857 bits per heavy atom. The number of urea groups is 1. The van der Waals surface area contributed by atoms with E-state index >= 15 is 0 Å². The number of amides is 3. The fourth-order valence-electron chi connectivity index (χ4n) is 6.17. The van der Waals surface area contributed by atoms with Crippen molar-refractivity contribution >= 4 is 17.6 Å². The summed E-state index contributed by atoms with van der Waals surface area (Å²) in [6.45, 7) is 6.81. The number of hydrogen-bond acceptors (Lipinski definition) is 3. The number of rotatable bonds is 12. The van der Waals surface area contributed by atoms with Gasteiger partial charge in [0.25, 0.3) is 0 Å². The summed E-state index contributed by atoms with van der Waals surface area (Å²) in [7, 11) is 4.09. The summed E-state index contributed by atoms with van der Waals surface area (Å²) in [5.74, 6) is 0.291. The van der Waals surface area contributed by atoms with Crippen LogP contribution in [-0.2, 0) is 11.3 Å². The van der Waals surface area contributed by atoms with Gasteiger partial charge in [0, 0.05) is 31.2 Å². The molecule has 1 aliphatic carbocycles. The predicted molar refractivity (Wildman–Crippen MR) is 173 cm³/mol. The van der Waals surface area contributed by atoms with Gasteiger partial charge in [0.1, 0.15) is 0 Å². The van der Waals surface area contributed by atoms with Crippen LogP contribution in [0.5, 0.6) is 0 Å². The van der Waals surface area contributed by atoms with E-state index in [0.29, 0.717) is 13.1 Å². The maximum absolute atomic E-state index is 13.8. The third-order valence-corrected chi connectivity index (χ3v) is 8.36. The quantitative estimate of drug-likeness (QED) is 0.251. The lowest BCUT2D eigenvalue weighted by Crippen LogP contribution is -2.43. The molecule has 0 saturated heterocycles. The van der Waals surface area contributed by atoms with Crippen LogP contribution in [0.15, 0.2) is 84.9 Å². The van der Waals surface area contributed by atoms with Gasteiger partial charge in [-0.05, 0) is 75.0 Å². The molecule has 1 N–H and O–H groups in total. The Labute approximate surface area is 252 Å². The van der Waals surface area contributed by atoms with Crippen molar-refractivity contribution in [3.05, 3.63) is 102 Å². The Morgan fingerprint density at radius 3 is 2.12 bits per heavy atom. The molecule has 224 valence electrons. The summed E-state index contributed by atoms with van der Waals surface area (Å²) >= 11 is 0. The van der Waals surface area contributed by atoms with Gasteiger partial charge in [-0.2, -0.15) is 0 Å². The van der Waals surface area contributed by atoms with Gasteiger partial charge < -0.3 is 15.1 Å². The van der Waals surface area contributed by atoms with E-state index in [1.165, 1.54) is 5.56 Å². The number of nitrogens with zero attached hydrogens (tertiary/aromatic N) is 3. The highest BCUT2D eigenvalue weighted by atomic mass is 16.2. The van der Waals surface area contributed by atoms with Gasteiger partial charge in [-0.25, -0.2) is 4.79 Å². The molecule has 3 aromatic carbocycles. The molecule has 1 aliphatic rings. The minimum atomic E-state index is -0.0486. The second-order valence-corrected chi connectivity index (χ2v) is 11.8. The van der Waals surface area contributed by atoms with Crippen molar-refractivity contribution < 1.29 is 9.59 Å². The molecule has 0 radical (unpaired) electrons. The van der Waals surface area contributed by atoms with Crippen molar-refractivity contribution in [2.45, 2.75) is 64.5 Å². The van der Waals surface area contributed by atoms with E-state index in [0.717, 1.165) is 62.0 Å². The Bertz CT molecular complexity index is 1250. The zero-order chi connectivity index (χ0) is 29.9. The summed E-state index contributed by atoms with van der Waals surface area (Å²) in [6.07, 6.45) is 5.06. The van der Waals surface area contributed by atoms with Crippen molar-refractivity contribution in [2.75, 3.05) is 38.6 Å². The summed E-state index contributed by atoms with van der Waals surface area (Å²) in [6, 6.07) is 28.8. The average molecular weight is 569 g/mol. The molecule has 3 atom stereocenters. The van der Waals surface area contributed by atoms with E-state index in [-0.39, 0.29) is 29.8 Å². The van der Waals surface area contributed by atoms with E-state index in [2.05, 4.69) is 53.5 Å².